The third-order valence-corrected chi connectivity index (χ3v) is 12.9. The topological polar surface area (TPSA) is 264 Å². The number of allylic oxidation sites excluding steroid dienone is 6. The molecule has 17 nitrogen and oxygen atoms in total. The molecule has 1 amide bonds. The number of hydrogen-bond donors (Lipinski definition) is 6. The molecule has 3 aliphatic rings. The van der Waals surface area contributed by atoms with Crippen LogP contribution in [0.5, 0.6) is 0 Å². The van der Waals surface area contributed by atoms with E-state index in [2.05, 4.69) is 0 Å². The molecule has 1 saturated carbocycles. The number of carbonyl (C=O) groups is 6. The molecule has 3 rings (SSSR count). The van der Waals surface area contributed by atoms with Gasteiger partial charge in [-0.05, 0) is 116 Å². The van der Waals surface area contributed by atoms with Gasteiger partial charge in [-0.25, -0.2) is 4.79 Å². The first kappa shape index (κ1) is 77.6. The molecule has 8 atom stereocenters. The number of ether oxygens (including phenoxy) is 4. The van der Waals surface area contributed by atoms with E-state index >= 15 is 0 Å². The third kappa shape index (κ3) is 33.7. The first-order chi connectivity index (χ1) is 35.8. The van der Waals surface area contributed by atoms with E-state index in [1.165, 1.54) is 18.2 Å². The van der Waals surface area contributed by atoms with Gasteiger partial charge in [0.15, 0.2) is 6.29 Å². The molecule has 1 aliphatic carbocycles. The molecule has 2 saturated heterocycles. The highest BCUT2D eigenvalue weighted by Gasteiger charge is 2.36. The van der Waals surface area contributed by atoms with E-state index in [1.54, 1.807) is 34.0 Å². The Labute approximate surface area is 452 Å². The van der Waals surface area contributed by atoms with Gasteiger partial charge in [-0.15, -0.1) is 0 Å². The number of rotatable bonds is 23. The van der Waals surface area contributed by atoms with Crippen LogP contribution in [-0.2, 0) is 47.7 Å². The second-order valence-electron chi connectivity index (χ2n) is 18.7. The van der Waals surface area contributed by atoms with Gasteiger partial charge in [0.25, 0.3) is 5.91 Å². The number of aldehydes is 1. The number of aliphatic hydroxyl groups excluding tert-OH is 6. The van der Waals surface area contributed by atoms with Crippen molar-refractivity contribution in [2.75, 3.05) is 47.7 Å². The van der Waals surface area contributed by atoms with Gasteiger partial charge >= 0.3 is 11.9 Å². The van der Waals surface area contributed by atoms with Crippen LogP contribution in [0.25, 0.3) is 0 Å². The van der Waals surface area contributed by atoms with Crippen molar-refractivity contribution in [3.05, 3.63) is 47.6 Å². The van der Waals surface area contributed by atoms with Crippen molar-refractivity contribution in [3.63, 3.8) is 0 Å². The predicted octanol–water partition coefficient (Wildman–Crippen LogP) is 8.13. The minimum atomic E-state index is -1.16. The molecule has 0 spiro atoms. The quantitative estimate of drug-likeness (QED) is 0.0185. The summed E-state index contributed by atoms with van der Waals surface area (Å²) in [5.41, 5.74) is 0.512. The average molecular weight is 1070 g/mol. The van der Waals surface area contributed by atoms with E-state index in [9.17, 15) is 33.9 Å². The highest BCUT2D eigenvalue weighted by atomic mass is 16.6. The summed E-state index contributed by atoms with van der Waals surface area (Å²) in [7, 11) is 3.68. The number of nitrogens with zero attached hydrogens (tertiary/aromatic N) is 1. The van der Waals surface area contributed by atoms with Crippen LogP contribution in [0.4, 0.5) is 0 Å². The lowest BCUT2D eigenvalue weighted by atomic mass is 9.92. The Bertz CT molecular complexity index is 1620. The van der Waals surface area contributed by atoms with Gasteiger partial charge in [-0.2, -0.15) is 0 Å². The molecule has 6 N–H and O–H groups in total. The Morgan fingerprint density at radius 2 is 1.39 bits per heavy atom. The molecule has 0 radical (unpaired) electrons. The van der Waals surface area contributed by atoms with Crippen molar-refractivity contribution < 1.29 is 78.4 Å². The van der Waals surface area contributed by atoms with Crippen molar-refractivity contribution in [1.29, 1.82) is 0 Å². The minimum Gasteiger partial charge on any atom is -0.462 e. The monoisotopic (exact) mass is 1070 g/mol. The van der Waals surface area contributed by atoms with Gasteiger partial charge in [0, 0.05) is 65.1 Å². The standard InChI is InChI=1S/C35H53NO8.C11H20O4.C6H12O2.2C2H6.2CH4O/c1-8-29(44-35(42)30-18-14-15-19-36(30)34(41)23-37)21-31(38)26(4)20-27(5)33(40)22-32(39)25(3)17-13-11-9-10-12-16-24(2)28(6)43-7;1-11(7-12,8-13)10(14)15-9-5-3-2-4-6-9;1-5-3-2-4-8-6(5)7;4*1-2/h9-12,16,20,23,25-26,28-30,33,40H,8,13-15,17-19,21-22H2,1-7H3;9,12-13H,2-8H2,1H3;5-7H,2-4H2,1H3;2*1-2H3;2*2H,1H3/b11-9+,12-10+,24-16+,27-20+;;;;;;/t25-,26?,28?,29?,30?,33?;;;;;;/m1....../s1. The highest BCUT2D eigenvalue weighted by molar-refractivity contribution is 6.24. The first-order valence-corrected chi connectivity index (χ1v) is 27.3. The molecule has 2 aliphatic heterocycles. The summed E-state index contributed by atoms with van der Waals surface area (Å²) in [5.74, 6) is -2.47. The Balaban J connectivity index is -0.000000654. The highest BCUT2D eigenvalue weighted by Crippen LogP contribution is 2.25. The SMILES string of the molecule is CC.CC.CC(CO)(CO)C(=O)OC1CCCCC1.CC1CCCOC1O.CCC(CC(=O)C(C)/C=C(\C)C(O)CC(=O)[C@H](C)CC/C=C/C=C/C=C(\C)C(C)OC)OC(=O)C1CCCCN1C(=O)C=O.CO.CO. The molecular weight excluding hydrogens is 967 g/mol. The smallest absolute Gasteiger partial charge is 0.329 e. The fraction of sp³-hybridized carbons (Fsp3) is 0.759. The molecule has 0 aromatic rings. The predicted molar refractivity (Wildman–Crippen MR) is 295 cm³/mol. The van der Waals surface area contributed by atoms with Crippen LogP contribution >= 0.6 is 0 Å². The van der Waals surface area contributed by atoms with Crippen LogP contribution in [0.3, 0.4) is 0 Å². The van der Waals surface area contributed by atoms with Gasteiger partial charge in [0.05, 0.1) is 25.4 Å². The van der Waals surface area contributed by atoms with Crippen molar-refractivity contribution in [3.8, 4) is 0 Å². The van der Waals surface area contributed by atoms with Crippen LogP contribution in [-0.4, -0.2) is 156 Å². The Morgan fingerprint density at radius 1 is 0.800 bits per heavy atom. The lowest BCUT2D eigenvalue weighted by Crippen LogP contribution is -2.49. The van der Waals surface area contributed by atoms with E-state index in [4.69, 9.17) is 44.5 Å². The summed E-state index contributed by atoms with van der Waals surface area (Å²) >= 11 is 0. The number of likely N-dealkylation sites (tertiary alicyclic amines) is 1. The van der Waals surface area contributed by atoms with Gasteiger partial charge in [0.2, 0.25) is 6.29 Å². The molecular formula is C58H105NO16. The number of amides is 1. The molecule has 0 aromatic carbocycles. The summed E-state index contributed by atoms with van der Waals surface area (Å²) in [6.07, 6.45) is 20.6. The molecule has 438 valence electrons. The van der Waals surface area contributed by atoms with Gasteiger partial charge in [-0.1, -0.05) is 98.3 Å². The van der Waals surface area contributed by atoms with Crippen molar-refractivity contribution in [1.82, 2.24) is 4.90 Å². The molecule has 2 heterocycles. The van der Waals surface area contributed by atoms with Crippen LogP contribution in [0, 0.1) is 23.2 Å². The Kier molecular flexibility index (Phi) is 50.1. The number of piperidine rings is 1. The van der Waals surface area contributed by atoms with Crippen LogP contribution in [0.15, 0.2) is 47.6 Å². The summed E-state index contributed by atoms with van der Waals surface area (Å²) < 4.78 is 21.1. The normalized spacial score (nSPS) is 20.0. The zero-order valence-corrected chi connectivity index (χ0v) is 48.9. The summed E-state index contributed by atoms with van der Waals surface area (Å²) in [5, 5.41) is 51.7. The number of esters is 2. The summed E-state index contributed by atoms with van der Waals surface area (Å²) in [6.45, 7) is 22.9. The number of carbonyl (C=O) groups excluding carboxylic acids is 6. The minimum absolute atomic E-state index is 0.0154. The third-order valence-electron chi connectivity index (χ3n) is 12.9. The Hall–Kier alpha value is -3.94. The molecule has 7 unspecified atom stereocenters. The van der Waals surface area contributed by atoms with E-state index in [1.807, 2.05) is 85.8 Å². The molecule has 0 aromatic heterocycles. The van der Waals surface area contributed by atoms with Gasteiger partial charge in [-0.3, -0.25) is 24.0 Å². The number of hydrogen-bond acceptors (Lipinski definition) is 16. The summed E-state index contributed by atoms with van der Waals surface area (Å²) in [6, 6.07) is -0.824. The van der Waals surface area contributed by atoms with Gasteiger partial charge < -0.3 is 54.5 Å². The maximum atomic E-state index is 13.0. The second kappa shape index (κ2) is 48.4. The van der Waals surface area contributed by atoms with E-state index < -0.39 is 53.7 Å². The number of Topliss-reactive ketones (excluding diaryl/α,β-unsaturated/α-hetero) is 2. The van der Waals surface area contributed by atoms with Crippen molar-refractivity contribution >= 4 is 35.7 Å². The van der Waals surface area contributed by atoms with Crippen LogP contribution < -0.4 is 0 Å². The van der Waals surface area contributed by atoms with Crippen molar-refractivity contribution in [2.24, 2.45) is 23.2 Å². The maximum absolute atomic E-state index is 13.0. The average Bonchev–Trinajstić information content (AvgIpc) is 3.44. The Morgan fingerprint density at radius 3 is 1.89 bits per heavy atom. The summed E-state index contributed by atoms with van der Waals surface area (Å²) in [4.78, 5) is 74.3. The lowest BCUT2D eigenvalue weighted by molar-refractivity contribution is -0.167. The second-order valence-corrected chi connectivity index (χ2v) is 18.7. The van der Waals surface area contributed by atoms with Crippen molar-refractivity contribution in [2.45, 2.75) is 216 Å². The van der Waals surface area contributed by atoms with Crippen LogP contribution in [0.2, 0.25) is 0 Å². The lowest BCUT2D eigenvalue weighted by Gasteiger charge is -2.33. The van der Waals surface area contributed by atoms with E-state index in [0.29, 0.717) is 43.7 Å². The zero-order valence-electron chi connectivity index (χ0n) is 48.9. The van der Waals surface area contributed by atoms with Crippen LogP contribution in [0.1, 0.15) is 179 Å². The molecule has 3 fully saturated rings. The number of aliphatic hydroxyl groups is 6. The fourth-order valence-corrected chi connectivity index (χ4v) is 7.43. The fourth-order valence-electron chi connectivity index (χ4n) is 7.43. The number of methoxy groups -OCH3 is 1. The maximum Gasteiger partial charge on any atom is 0.329 e. The molecule has 0 bridgehead atoms. The van der Waals surface area contributed by atoms with E-state index in [0.717, 1.165) is 77.8 Å². The van der Waals surface area contributed by atoms with Gasteiger partial charge in [0.1, 0.15) is 35.2 Å². The van der Waals surface area contributed by atoms with E-state index in [-0.39, 0.29) is 62.0 Å². The zero-order chi connectivity index (χ0) is 58.5. The molecule has 17 heteroatoms. The largest absolute Gasteiger partial charge is 0.462 e. The number of ketones is 2. The molecule has 75 heavy (non-hydrogen) atoms. The first-order valence-electron chi connectivity index (χ1n) is 27.3.